The van der Waals surface area contributed by atoms with Gasteiger partial charge in [-0.25, -0.2) is 19.1 Å². The van der Waals surface area contributed by atoms with Gasteiger partial charge < -0.3 is 14.7 Å². The molecule has 0 unspecified atom stereocenters. The zero-order valence-electron chi connectivity index (χ0n) is 21.1. The van der Waals surface area contributed by atoms with E-state index in [-0.39, 0.29) is 40.4 Å². The molecule has 1 amide bonds. The molecule has 11 nitrogen and oxygen atoms in total. The van der Waals surface area contributed by atoms with E-state index in [1.54, 1.807) is 23.1 Å². The number of aliphatic hydroxyl groups is 1. The fourth-order valence-corrected chi connectivity index (χ4v) is 4.65. The lowest BCUT2D eigenvalue weighted by Crippen LogP contribution is -2.41. The maximum atomic E-state index is 13.2. The van der Waals surface area contributed by atoms with E-state index in [4.69, 9.17) is 27.9 Å². The van der Waals surface area contributed by atoms with Crippen molar-refractivity contribution >= 4 is 29.1 Å². The van der Waals surface area contributed by atoms with Crippen molar-refractivity contribution < 1.29 is 27.8 Å². The third kappa shape index (κ3) is 6.15. The Morgan fingerprint density at radius 1 is 1.07 bits per heavy atom. The lowest BCUT2D eigenvalue weighted by atomic mass is 10.1. The van der Waals surface area contributed by atoms with E-state index in [2.05, 4.69) is 15.2 Å². The average Bonchev–Trinajstić information content (AvgIpc) is 3.53. The number of aromatic nitrogens is 6. The van der Waals surface area contributed by atoms with Gasteiger partial charge in [0.1, 0.15) is 12.9 Å². The average molecular weight is 612 g/mol. The van der Waals surface area contributed by atoms with Gasteiger partial charge in [0.15, 0.2) is 17.8 Å². The molecule has 0 aliphatic carbocycles. The van der Waals surface area contributed by atoms with Crippen LogP contribution in [0.2, 0.25) is 10.0 Å². The van der Waals surface area contributed by atoms with E-state index < -0.39 is 24.5 Å². The van der Waals surface area contributed by atoms with Crippen molar-refractivity contribution in [1.29, 1.82) is 0 Å². The molecular weight excluding hydrogens is 590 g/mol. The predicted molar refractivity (Wildman–Crippen MR) is 141 cm³/mol. The first-order chi connectivity index (χ1) is 19.5. The Kier molecular flexibility index (Phi) is 8.18. The number of amides is 1. The summed E-state index contributed by atoms with van der Waals surface area (Å²) >= 11 is 12.4. The molecule has 41 heavy (non-hydrogen) atoms. The Morgan fingerprint density at radius 2 is 1.78 bits per heavy atom. The van der Waals surface area contributed by atoms with E-state index in [1.807, 2.05) is 0 Å². The van der Waals surface area contributed by atoms with Crippen LogP contribution in [-0.4, -0.2) is 83.6 Å². The summed E-state index contributed by atoms with van der Waals surface area (Å²) in [5.74, 6) is -0.312. The lowest BCUT2D eigenvalue weighted by Gasteiger charge is -2.27. The van der Waals surface area contributed by atoms with Gasteiger partial charge in [0, 0.05) is 23.7 Å². The summed E-state index contributed by atoms with van der Waals surface area (Å²) in [6, 6.07) is 10.8. The molecule has 2 aromatic heterocycles. The first-order valence-corrected chi connectivity index (χ1v) is 13.0. The molecule has 0 bridgehead atoms. The second-order valence-corrected chi connectivity index (χ2v) is 9.93. The summed E-state index contributed by atoms with van der Waals surface area (Å²) in [5.41, 5.74) is -0.0585. The third-order valence-electron chi connectivity index (χ3n) is 6.33. The number of hydrogen-bond donors (Lipinski definition) is 1. The quantitative estimate of drug-likeness (QED) is 0.341. The van der Waals surface area contributed by atoms with Gasteiger partial charge in [-0.05, 0) is 36.4 Å². The zero-order valence-corrected chi connectivity index (χ0v) is 22.6. The van der Waals surface area contributed by atoms with Crippen molar-refractivity contribution in [1.82, 2.24) is 34.0 Å². The molecule has 2 aromatic carbocycles. The fraction of sp³-hybridized carbons (Fsp3) is 0.320. The zero-order chi connectivity index (χ0) is 29.3. The molecule has 5 rings (SSSR count). The Hall–Kier alpha value is -3.72. The topological polar surface area (TPSA) is 120 Å². The number of aliphatic hydroxyl groups excluding tert-OH is 1. The summed E-state index contributed by atoms with van der Waals surface area (Å²) in [7, 11) is 0. The Labute approximate surface area is 240 Å². The van der Waals surface area contributed by atoms with Crippen LogP contribution >= 0.6 is 23.2 Å². The molecule has 1 aliphatic rings. The number of carbonyl (C=O) groups excluding carboxylic acids is 1. The van der Waals surface area contributed by atoms with Crippen molar-refractivity contribution in [3.8, 4) is 17.1 Å². The normalized spacial score (nSPS) is 14.8. The number of rotatable bonds is 7. The van der Waals surface area contributed by atoms with Crippen LogP contribution in [0.1, 0.15) is 16.2 Å². The van der Waals surface area contributed by atoms with Gasteiger partial charge in [0.2, 0.25) is 0 Å². The molecule has 1 N–H and O–H groups in total. The first-order valence-electron chi connectivity index (χ1n) is 12.3. The van der Waals surface area contributed by atoms with Crippen LogP contribution in [0.3, 0.4) is 0 Å². The molecule has 1 fully saturated rings. The summed E-state index contributed by atoms with van der Waals surface area (Å²) < 4.78 is 47.6. The first kappa shape index (κ1) is 28.8. The highest BCUT2D eigenvalue weighted by molar-refractivity contribution is 6.33. The lowest BCUT2D eigenvalue weighted by molar-refractivity contribution is -0.207. The Morgan fingerprint density at radius 3 is 2.46 bits per heavy atom. The molecule has 1 saturated heterocycles. The van der Waals surface area contributed by atoms with Crippen LogP contribution in [0.5, 0.6) is 0 Å². The second-order valence-electron chi connectivity index (χ2n) is 9.08. The van der Waals surface area contributed by atoms with Crippen molar-refractivity contribution in [2.45, 2.75) is 25.4 Å². The molecule has 1 aliphatic heterocycles. The van der Waals surface area contributed by atoms with E-state index in [0.717, 1.165) is 9.25 Å². The molecule has 16 heteroatoms. The Balaban J connectivity index is 1.48. The molecule has 216 valence electrons. The number of alkyl halides is 3. The predicted octanol–water partition coefficient (Wildman–Crippen LogP) is 3.04. The van der Waals surface area contributed by atoms with Crippen LogP contribution in [0, 0.1) is 0 Å². The highest BCUT2D eigenvalue weighted by Crippen LogP contribution is 2.26. The van der Waals surface area contributed by atoms with Crippen LogP contribution in [0.4, 0.5) is 13.2 Å². The fourth-order valence-electron chi connectivity index (χ4n) is 4.27. The van der Waals surface area contributed by atoms with Crippen LogP contribution in [-0.2, 0) is 17.8 Å². The molecule has 4 aromatic rings. The molecule has 0 saturated carbocycles. The number of hydrogen-bond acceptors (Lipinski definition) is 7. The second kappa shape index (κ2) is 11.6. The molecule has 3 heterocycles. The minimum absolute atomic E-state index is 0.0699. The highest BCUT2D eigenvalue weighted by Gasteiger charge is 2.39. The molecule has 1 atom stereocenters. The SMILES string of the molecule is O=C(c1cccc(Cl)c1-n1cnc(Cn2nc(-c3ccc(Cl)cc3)n(C[C@H](O)C(F)(F)F)c2=O)n1)N1CCOCC1. The smallest absolute Gasteiger partial charge is 0.382 e. The summed E-state index contributed by atoms with van der Waals surface area (Å²) in [6.07, 6.45) is -6.45. The number of para-hydroxylation sites is 1. The monoisotopic (exact) mass is 611 g/mol. The van der Waals surface area contributed by atoms with Crippen molar-refractivity contribution in [3.05, 3.63) is 80.7 Å². The number of halogens is 5. The molecule has 0 radical (unpaired) electrons. The number of benzene rings is 2. The minimum Gasteiger partial charge on any atom is -0.382 e. The van der Waals surface area contributed by atoms with Gasteiger partial charge in [0.05, 0.1) is 36.0 Å². The van der Waals surface area contributed by atoms with E-state index in [9.17, 15) is 27.9 Å². The van der Waals surface area contributed by atoms with Crippen molar-refractivity contribution in [3.63, 3.8) is 0 Å². The number of nitrogens with zero attached hydrogens (tertiary/aromatic N) is 7. The van der Waals surface area contributed by atoms with Gasteiger partial charge in [0.25, 0.3) is 5.91 Å². The highest BCUT2D eigenvalue weighted by atomic mass is 35.5. The van der Waals surface area contributed by atoms with Crippen LogP contribution in [0.15, 0.2) is 53.6 Å². The summed E-state index contributed by atoms with van der Waals surface area (Å²) in [5, 5.41) is 18.8. The van der Waals surface area contributed by atoms with Gasteiger partial charge in [-0.15, -0.1) is 10.2 Å². The van der Waals surface area contributed by atoms with Gasteiger partial charge in [-0.3, -0.25) is 9.36 Å². The summed E-state index contributed by atoms with van der Waals surface area (Å²) in [6.45, 7) is 0.256. The van der Waals surface area contributed by atoms with Crippen molar-refractivity contribution in [2.75, 3.05) is 26.3 Å². The number of carbonyl (C=O) groups is 1. The van der Waals surface area contributed by atoms with Gasteiger partial charge in [-0.1, -0.05) is 29.3 Å². The van der Waals surface area contributed by atoms with E-state index in [1.165, 1.54) is 35.3 Å². The maximum absolute atomic E-state index is 13.2. The standard InChI is InChI=1S/C25H22Cl2F3N7O4/c26-16-6-4-15(5-7-16)22-33-36(24(40)35(22)12-19(38)25(28,29)30)13-20-31-14-37(32-20)21-17(2-1-3-18(21)27)23(39)34-8-10-41-11-9-34/h1-7,14,19,38H,8-13H2/t19-/m0/s1. The summed E-state index contributed by atoms with van der Waals surface area (Å²) in [4.78, 5) is 32.2. The number of morpholine rings is 1. The van der Waals surface area contributed by atoms with Gasteiger partial charge in [-0.2, -0.15) is 13.2 Å². The Bertz CT molecular complexity index is 1610. The third-order valence-corrected chi connectivity index (χ3v) is 6.89. The van der Waals surface area contributed by atoms with E-state index in [0.29, 0.717) is 36.9 Å². The molecular formula is C25H22Cl2F3N7O4. The largest absolute Gasteiger partial charge is 0.416 e. The van der Waals surface area contributed by atoms with Gasteiger partial charge >= 0.3 is 11.9 Å². The number of ether oxygens (including phenoxy) is 1. The molecule has 0 spiro atoms. The van der Waals surface area contributed by atoms with E-state index >= 15 is 0 Å². The maximum Gasteiger partial charge on any atom is 0.416 e. The van der Waals surface area contributed by atoms with Crippen LogP contribution in [0.25, 0.3) is 17.1 Å². The minimum atomic E-state index is -4.95. The van der Waals surface area contributed by atoms with Crippen molar-refractivity contribution in [2.24, 2.45) is 0 Å². The van der Waals surface area contributed by atoms with Crippen LogP contribution < -0.4 is 5.69 Å².